The number of hydrogen-bond donors (Lipinski definition) is 1. The fourth-order valence-corrected chi connectivity index (χ4v) is 2.47. The zero-order valence-corrected chi connectivity index (χ0v) is 12.8. The van der Waals surface area contributed by atoms with Gasteiger partial charge in [0.1, 0.15) is 16.0 Å². The van der Waals surface area contributed by atoms with Crippen LogP contribution in [-0.4, -0.2) is 9.78 Å². The van der Waals surface area contributed by atoms with Gasteiger partial charge in [0.05, 0.1) is 18.4 Å². The van der Waals surface area contributed by atoms with Gasteiger partial charge < -0.3 is 9.73 Å². The highest BCUT2D eigenvalue weighted by Crippen LogP contribution is 2.30. The normalized spacial score (nSPS) is 14.5. The molecule has 2 heterocycles. The van der Waals surface area contributed by atoms with Gasteiger partial charge in [-0.05, 0) is 53.7 Å². The first-order valence-corrected chi connectivity index (χ1v) is 7.47. The summed E-state index contributed by atoms with van der Waals surface area (Å²) in [6.45, 7) is 3.15. The summed E-state index contributed by atoms with van der Waals surface area (Å²) in [5.74, 6) is 2.33. The van der Waals surface area contributed by atoms with Crippen LogP contribution in [0.2, 0.25) is 0 Å². The number of furan rings is 1. The largest absolute Gasteiger partial charge is 0.465 e. The minimum Gasteiger partial charge on any atom is -0.465 e. The van der Waals surface area contributed by atoms with E-state index < -0.39 is 0 Å². The summed E-state index contributed by atoms with van der Waals surface area (Å²) < 4.78 is 7.53. The molecule has 0 unspecified atom stereocenters. The molecular weight excluding hydrogens is 322 g/mol. The van der Waals surface area contributed by atoms with Gasteiger partial charge in [0.2, 0.25) is 0 Å². The average Bonchev–Trinajstić information content (AvgIpc) is 3.15. The lowest BCUT2D eigenvalue weighted by molar-refractivity contribution is 0.490. The molecule has 6 heteroatoms. The zero-order valence-electron chi connectivity index (χ0n) is 11.2. The van der Waals surface area contributed by atoms with Crippen LogP contribution in [0.5, 0.6) is 0 Å². The van der Waals surface area contributed by atoms with Gasteiger partial charge in [-0.15, -0.1) is 0 Å². The Balaban J connectivity index is 1.73. The third-order valence-electron chi connectivity index (χ3n) is 3.36. The maximum absolute atomic E-state index is 12.2. The van der Waals surface area contributed by atoms with Crippen LogP contribution in [0.1, 0.15) is 24.4 Å². The van der Waals surface area contributed by atoms with E-state index in [4.69, 9.17) is 4.42 Å². The highest BCUT2D eigenvalue weighted by Gasteiger charge is 2.23. The van der Waals surface area contributed by atoms with Crippen molar-refractivity contribution in [3.8, 4) is 0 Å². The van der Waals surface area contributed by atoms with E-state index in [1.165, 1.54) is 17.5 Å². The summed E-state index contributed by atoms with van der Waals surface area (Å²) in [5, 5.41) is 7.38. The van der Waals surface area contributed by atoms with E-state index in [1.54, 1.807) is 6.20 Å². The van der Waals surface area contributed by atoms with E-state index in [0.29, 0.717) is 22.6 Å². The van der Waals surface area contributed by atoms with Crippen molar-refractivity contribution in [3.05, 3.63) is 44.7 Å². The molecule has 2 aromatic heterocycles. The van der Waals surface area contributed by atoms with Crippen molar-refractivity contribution in [3.63, 3.8) is 0 Å². The standard InChI is InChI=1S/C14H16BrN3O2/c1-9-2-5-11(20-9)6-16-12-7-17-18(8-10-3-4-10)14(19)13(12)15/h2,5,7,10,16H,3-4,6,8H2,1H3. The highest BCUT2D eigenvalue weighted by molar-refractivity contribution is 9.10. The Morgan fingerprint density at radius 3 is 2.95 bits per heavy atom. The number of anilines is 1. The number of hydrogen-bond acceptors (Lipinski definition) is 4. The van der Waals surface area contributed by atoms with Gasteiger partial charge in [-0.25, -0.2) is 4.68 Å². The van der Waals surface area contributed by atoms with Gasteiger partial charge in [-0.1, -0.05) is 0 Å². The Morgan fingerprint density at radius 1 is 1.50 bits per heavy atom. The second-order valence-electron chi connectivity index (χ2n) is 5.17. The van der Waals surface area contributed by atoms with Crippen LogP contribution in [0.25, 0.3) is 0 Å². The van der Waals surface area contributed by atoms with Crippen LogP contribution in [-0.2, 0) is 13.1 Å². The van der Waals surface area contributed by atoms with Crippen molar-refractivity contribution in [2.45, 2.75) is 32.9 Å². The summed E-state index contributed by atoms with van der Waals surface area (Å²) in [7, 11) is 0. The molecule has 0 bridgehead atoms. The van der Waals surface area contributed by atoms with Crippen LogP contribution in [0, 0.1) is 12.8 Å². The fourth-order valence-electron chi connectivity index (χ4n) is 2.03. The monoisotopic (exact) mass is 337 g/mol. The minimum atomic E-state index is -0.0856. The van der Waals surface area contributed by atoms with Crippen molar-refractivity contribution < 1.29 is 4.42 Å². The van der Waals surface area contributed by atoms with Crippen LogP contribution >= 0.6 is 15.9 Å². The minimum absolute atomic E-state index is 0.0856. The Kier molecular flexibility index (Phi) is 3.65. The summed E-state index contributed by atoms with van der Waals surface area (Å²) in [5.41, 5.74) is 0.605. The number of halogens is 1. The summed E-state index contributed by atoms with van der Waals surface area (Å²) in [4.78, 5) is 12.2. The van der Waals surface area contributed by atoms with Gasteiger partial charge >= 0.3 is 0 Å². The smallest absolute Gasteiger partial charge is 0.283 e. The molecule has 106 valence electrons. The summed E-state index contributed by atoms with van der Waals surface area (Å²) in [6.07, 6.45) is 4.08. The van der Waals surface area contributed by atoms with Crippen LogP contribution in [0.3, 0.4) is 0 Å². The van der Waals surface area contributed by atoms with Crippen molar-refractivity contribution >= 4 is 21.6 Å². The molecule has 0 aromatic carbocycles. The Hall–Kier alpha value is -1.56. The molecule has 0 aliphatic heterocycles. The molecule has 0 radical (unpaired) electrons. The topological polar surface area (TPSA) is 60.1 Å². The fraction of sp³-hybridized carbons (Fsp3) is 0.429. The molecule has 1 fully saturated rings. The molecule has 5 nitrogen and oxygen atoms in total. The van der Waals surface area contributed by atoms with E-state index in [0.717, 1.165) is 18.1 Å². The van der Waals surface area contributed by atoms with E-state index in [2.05, 4.69) is 26.3 Å². The molecule has 1 aliphatic carbocycles. The Labute approximate surface area is 125 Å². The molecule has 1 N–H and O–H groups in total. The maximum Gasteiger partial charge on any atom is 0.283 e. The predicted molar refractivity (Wildman–Crippen MR) is 79.7 cm³/mol. The van der Waals surface area contributed by atoms with E-state index in [-0.39, 0.29) is 5.56 Å². The van der Waals surface area contributed by atoms with Crippen molar-refractivity contribution in [1.82, 2.24) is 9.78 Å². The molecule has 3 rings (SSSR count). The lowest BCUT2D eigenvalue weighted by Gasteiger charge is -2.09. The second kappa shape index (κ2) is 5.44. The second-order valence-corrected chi connectivity index (χ2v) is 5.96. The zero-order chi connectivity index (χ0) is 14.1. The molecule has 0 saturated heterocycles. The van der Waals surface area contributed by atoms with Crippen LogP contribution in [0.4, 0.5) is 5.69 Å². The van der Waals surface area contributed by atoms with Gasteiger partial charge in [-0.3, -0.25) is 4.79 Å². The number of nitrogens with zero attached hydrogens (tertiary/aromatic N) is 2. The predicted octanol–water partition coefficient (Wildman–Crippen LogP) is 2.93. The molecule has 0 amide bonds. The number of aromatic nitrogens is 2. The SMILES string of the molecule is Cc1ccc(CNc2cnn(CC3CC3)c(=O)c2Br)o1. The third kappa shape index (κ3) is 2.95. The number of nitrogens with one attached hydrogen (secondary N) is 1. The van der Waals surface area contributed by atoms with Crippen LogP contribution in [0.15, 0.2) is 32.0 Å². The molecule has 0 atom stereocenters. The van der Waals surface area contributed by atoms with Crippen molar-refractivity contribution in [2.24, 2.45) is 5.92 Å². The van der Waals surface area contributed by atoms with Gasteiger partial charge in [-0.2, -0.15) is 5.10 Å². The Bertz CT molecular complexity index is 673. The first-order chi connectivity index (χ1) is 9.63. The van der Waals surface area contributed by atoms with E-state index in [9.17, 15) is 4.79 Å². The van der Waals surface area contributed by atoms with Gasteiger partial charge in [0.25, 0.3) is 5.56 Å². The maximum atomic E-state index is 12.2. The quantitative estimate of drug-likeness (QED) is 0.911. The molecule has 1 aliphatic rings. The van der Waals surface area contributed by atoms with E-state index >= 15 is 0 Å². The summed E-state index contributed by atoms with van der Waals surface area (Å²) in [6, 6.07) is 3.83. The van der Waals surface area contributed by atoms with Gasteiger partial charge in [0, 0.05) is 6.54 Å². The lowest BCUT2D eigenvalue weighted by Crippen LogP contribution is -2.25. The highest BCUT2D eigenvalue weighted by atomic mass is 79.9. The lowest BCUT2D eigenvalue weighted by atomic mass is 10.4. The average molecular weight is 338 g/mol. The summed E-state index contributed by atoms with van der Waals surface area (Å²) >= 11 is 3.35. The van der Waals surface area contributed by atoms with E-state index in [1.807, 2.05) is 19.1 Å². The molecule has 20 heavy (non-hydrogen) atoms. The third-order valence-corrected chi connectivity index (χ3v) is 4.13. The molecule has 2 aromatic rings. The molecule has 1 saturated carbocycles. The van der Waals surface area contributed by atoms with Crippen molar-refractivity contribution in [2.75, 3.05) is 5.32 Å². The molecular formula is C14H16BrN3O2. The van der Waals surface area contributed by atoms with Crippen molar-refractivity contribution in [1.29, 1.82) is 0 Å². The van der Waals surface area contributed by atoms with Crippen LogP contribution < -0.4 is 10.9 Å². The molecule has 0 spiro atoms. The van der Waals surface area contributed by atoms with Gasteiger partial charge in [0.15, 0.2) is 0 Å². The first-order valence-electron chi connectivity index (χ1n) is 6.68. The number of aryl methyl sites for hydroxylation is 1. The number of rotatable bonds is 5. The Morgan fingerprint density at radius 2 is 2.30 bits per heavy atom. The first kappa shape index (κ1) is 13.4.